The van der Waals surface area contributed by atoms with Crippen LogP contribution in [0.5, 0.6) is 11.5 Å². The van der Waals surface area contributed by atoms with E-state index in [0.717, 1.165) is 22.5 Å². The average molecular weight is 442 g/mol. The Kier molecular flexibility index (Phi) is 5.52. The van der Waals surface area contributed by atoms with E-state index in [1.54, 1.807) is 56.7 Å². The van der Waals surface area contributed by atoms with E-state index < -0.39 is 5.56 Å². The number of halogens is 1. The number of hydrogen-bond donors (Lipinski definition) is 0. The van der Waals surface area contributed by atoms with Gasteiger partial charge in [-0.2, -0.15) is 14.6 Å². The fourth-order valence-electron chi connectivity index (χ4n) is 2.94. The molecule has 9 heteroatoms. The fraction of sp³-hybridized carbons (Fsp3) is 0.143. The molecule has 0 saturated heterocycles. The zero-order valence-electron chi connectivity index (χ0n) is 16.1. The van der Waals surface area contributed by atoms with Crippen LogP contribution in [-0.2, 0) is 6.42 Å². The second kappa shape index (κ2) is 8.25. The van der Waals surface area contributed by atoms with E-state index in [-0.39, 0.29) is 22.6 Å². The van der Waals surface area contributed by atoms with Gasteiger partial charge in [-0.15, -0.1) is 0 Å². The van der Waals surface area contributed by atoms with Crippen molar-refractivity contribution in [3.8, 4) is 11.5 Å². The van der Waals surface area contributed by atoms with Crippen molar-refractivity contribution in [2.24, 2.45) is 0 Å². The van der Waals surface area contributed by atoms with Gasteiger partial charge in [0.1, 0.15) is 5.69 Å². The molecule has 4 rings (SSSR count). The summed E-state index contributed by atoms with van der Waals surface area (Å²) in [5.74, 6) is 1.14. The van der Waals surface area contributed by atoms with Gasteiger partial charge in [0.25, 0.3) is 11.1 Å². The molecule has 0 atom stereocenters. The van der Waals surface area contributed by atoms with Gasteiger partial charge >= 0.3 is 0 Å². The van der Waals surface area contributed by atoms with Gasteiger partial charge in [-0.05, 0) is 41.5 Å². The molecule has 2 aromatic carbocycles. The number of nitrogens with zero attached hydrogens (tertiary/aromatic N) is 3. The number of aromatic nitrogens is 3. The summed E-state index contributed by atoms with van der Waals surface area (Å²) in [4.78, 5) is 29.5. The Labute approximate surface area is 179 Å². The minimum Gasteiger partial charge on any atom is -0.493 e. The van der Waals surface area contributed by atoms with E-state index in [9.17, 15) is 9.59 Å². The molecule has 0 aliphatic carbocycles. The van der Waals surface area contributed by atoms with Crippen molar-refractivity contribution in [3.63, 3.8) is 0 Å². The maximum Gasteiger partial charge on any atom is 0.296 e. The maximum atomic E-state index is 12.8. The Morgan fingerprint density at radius 3 is 2.50 bits per heavy atom. The smallest absolute Gasteiger partial charge is 0.296 e. The maximum absolute atomic E-state index is 12.8. The first kappa shape index (κ1) is 20.1. The van der Waals surface area contributed by atoms with Crippen molar-refractivity contribution in [3.05, 3.63) is 89.5 Å². The van der Waals surface area contributed by atoms with Crippen LogP contribution in [0.25, 0.3) is 11.0 Å². The quantitative estimate of drug-likeness (QED) is 0.472. The summed E-state index contributed by atoms with van der Waals surface area (Å²) in [6.07, 6.45) is 1.96. The van der Waals surface area contributed by atoms with E-state index in [1.807, 2.05) is 6.07 Å². The minimum atomic E-state index is -0.455. The zero-order valence-corrected chi connectivity index (χ0v) is 17.7. The highest BCUT2D eigenvalue weighted by atomic mass is 35.5. The molecule has 0 N–H and O–H groups in total. The van der Waals surface area contributed by atoms with Crippen molar-refractivity contribution < 1.29 is 9.47 Å². The summed E-state index contributed by atoms with van der Waals surface area (Å²) in [5, 5.41) is 4.86. The molecule has 0 saturated carbocycles. The highest BCUT2D eigenvalue weighted by molar-refractivity contribution is 7.15. The van der Waals surface area contributed by atoms with Gasteiger partial charge < -0.3 is 9.47 Å². The first-order valence-electron chi connectivity index (χ1n) is 8.89. The number of hydrogen-bond acceptors (Lipinski definition) is 7. The summed E-state index contributed by atoms with van der Waals surface area (Å²) in [6, 6.07) is 12.4. The standard InChI is InChI=1S/C21H16ClN3O4S/c1-28-16-8-5-13(10-17(16)29-2)11-18-20(27)25-21(30-18)23-19(26)15(24-25)9-12-3-6-14(22)7-4-12/h3-8,10-11H,9H2,1-2H3/b18-11-. The van der Waals surface area contributed by atoms with Crippen LogP contribution in [0.4, 0.5) is 0 Å². The molecule has 0 aliphatic heterocycles. The van der Waals surface area contributed by atoms with Crippen molar-refractivity contribution in [1.82, 2.24) is 14.6 Å². The Morgan fingerprint density at radius 1 is 1.07 bits per heavy atom. The topological polar surface area (TPSA) is 82.8 Å². The molecule has 0 fully saturated rings. The number of methoxy groups -OCH3 is 2. The van der Waals surface area contributed by atoms with E-state index in [2.05, 4.69) is 10.1 Å². The average Bonchev–Trinajstić information content (AvgIpc) is 3.04. The lowest BCUT2D eigenvalue weighted by Gasteiger charge is -2.07. The number of benzene rings is 2. The lowest BCUT2D eigenvalue weighted by atomic mass is 10.1. The molecule has 0 spiro atoms. The van der Waals surface area contributed by atoms with Gasteiger partial charge in [-0.1, -0.05) is 41.1 Å². The van der Waals surface area contributed by atoms with Crippen LogP contribution < -0.4 is 25.1 Å². The normalized spacial score (nSPS) is 11.8. The summed E-state index contributed by atoms with van der Waals surface area (Å²) in [6.45, 7) is 0. The lowest BCUT2D eigenvalue weighted by molar-refractivity contribution is 0.355. The zero-order chi connectivity index (χ0) is 21.3. The summed E-state index contributed by atoms with van der Waals surface area (Å²) < 4.78 is 12.1. The predicted octanol–water partition coefficient (Wildman–Crippen LogP) is 2.32. The van der Waals surface area contributed by atoms with Crippen LogP contribution in [0, 0.1) is 0 Å². The third kappa shape index (κ3) is 3.92. The molecule has 0 bridgehead atoms. The van der Waals surface area contributed by atoms with Gasteiger partial charge in [0.2, 0.25) is 4.96 Å². The van der Waals surface area contributed by atoms with Crippen LogP contribution in [0.1, 0.15) is 16.8 Å². The molecule has 0 amide bonds. The molecule has 2 aromatic heterocycles. The molecule has 2 heterocycles. The van der Waals surface area contributed by atoms with Crippen LogP contribution in [0.15, 0.2) is 52.1 Å². The number of thiazole rings is 1. The van der Waals surface area contributed by atoms with Gasteiger partial charge in [-0.3, -0.25) is 9.59 Å². The van der Waals surface area contributed by atoms with Crippen LogP contribution in [0.2, 0.25) is 5.02 Å². The number of ether oxygens (including phenoxy) is 2. The third-order valence-electron chi connectivity index (χ3n) is 4.44. The Balaban J connectivity index is 1.77. The first-order valence-corrected chi connectivity index (χ1v) is 10.1. The van der Waals surface area contributed by atoms with E-state index in [1.165, 1.54) is 4.52 Å². The highest BCUT2D eigenvalue weighted by Gasteiger charge is 2.12. The minimum absolute atomic E-state index is 0.197. The molecule has 0 radical (unpaired) electrons. The number of fused-ring (bicyclic) bond motifs is 1. The molecule has 152 valence electrons. The molecular weight excluding hydrogens is 426 g/mol. The summed E-state index contributed by atoms with van der Waals surface area (Å²) in [5.41, 5.74) is 1.01. The molecule has 4 aromatic rings. The summed E-state index contributed by atoms with van der Waals surface area (Å²) in [7, 11) is 3.10. The van der Waals surface area contributed by atoms with Crippen LogP contribution in [-0.4, -0.2) is 28.8 Å². The van der Waals surface area contributed by atoms with E-state index in [0.29, 0.717) is 21.1 Å². The Hall–Kier alpha value is -3.23. The second-order valence-corrected chi connectivity index (χ2v) is 7.84. The van der Waals surface area contributed by atoms with Crippen LogP contribution in [0.3, 0.4) is 0 Å². The van der Waals surface area contributed by atoms with Crippen LogP contribution >= 0.6 is 22.9 Å². The Bertz CT molecular complexity index is 1400. The fourth-order valence-corrected chi connectivity index (χ4v) is 3.97. The van der Waals surface area contributed by atoms with E-state index >= 15 is 0 Å². The van der Waals surface area contributed by atoms with Gasteiger partial charge in [-0.25, -0.2) is 0 Å². The first-order chi connectivity index (χ1) is 14.5. The molecule has 0 unspecified atom stereocenters. The molecule has 7 nitrogen and oxygen atoms in total. The largest absolute Gasteiger partial charge is 0.493 e. The second-order valence-electron chi connectivity index (χ2n) is 6.39. The monoisotopic (exact) mass is 441 g/mol. The number of rotatable bonds is 5. The third-order valence-corrected chi connectivity index (χ3v) is 5.65. The molecular formula is C21H16ClN3O4S. The van der Waals surface area contributed by atoms with E-state index in [4.69, 9.17) is 21.1 Å². The van der Waals surface area contributed by atoms with Gasteiger partial charge in [0.15, 0.2) is 11.5 Å². The van der Waals surface area contributed by atoms with Crippen molar-refractivity contribution >= 4 is 34.0 Å². The van der Waals surface area contributed by atoms with Gasteiger partial charge in [0, 0.05) is 11.4 Å². The highest BCUT2D eigenvalue weighted by Crippen LogP contribution is 2.27. The molecule has 0 aliphatic rings. The van der Waals surface area contributed by atoms with Crippen molar-refractivity contribution in [2.75, 3.05) is 14.2 Å². The SMILES string of the molecule is COc1ccc(/C=c2\sc3nc(=O)c(Cc4ccc(Cl)cc4)nn3c2=O)cc1OC. The van der Waals surface area contributed by atoms with Crippen molar-refractivity contribution in [1.29, 1.82) is 0 Å². The summed E-state index contributed by atoms with van der Waals surface area (Å²) >= 11 is 7.00. The van der Waals surface area contributed by atoms with Crippen molar-refractivity contribution in [2.45, 2.75) is 6.42 Å². The van der Waals surface area contributed by atoms with Gasteiger partial charge in [0.05, 0.1) is 18.8 Å². The Morgan fingerprint density at radius 2 is 1.80 bits per heavy atom. The predicted molar refractivity (Wildman–Crippen MR) is 116 cm³/mol. The molecule has 30 heavy (non-hydrogen) atoms. The lowest BCUT2D eigenvalue weighted by Crippen LogP contribution is -2.28.